The minimum atomic E-state index is -0.828. The van der Waals surface area contributed by atoms with Crippen LogP contribution < -0.4 is 10.7 Å². The molecule has 0 spiro atoms. The molecule has 0 unspecified atom stereocenters. The van der Waals surface area contributed by atoms with Crippen LogP contribution in [0, 0.1) is 13.8 Å². The fourth-order valence-electron chi connectivity index (χ4n) is 1.98. The second kappa shape index (κ2) is 7.39. The van der Waals surface area contributed by atoms with Gasteiger partial charge in [0.25, 0.3) is 0 Å². The number of carbonyl (C=O) groups is 2. The molecule has 0 aliphatic rings. The molecule has 1 aromatic carbocycles. The van der Waals surface area contributed by atoms with Gasteiger partial charge in [0.2, 0.25) is 0 Å². The number of nitrogens with zero attached hydrogens (tertiary/aromatic N) is 1. The lowest BCUT2D eigenvalue weighted by molar-refractivity contribution is -0.136. The van der Waals surface area contributed by atoms with Gasteiger partial charge in [0.15, 0.2) is 0 Å². The number of halogens is 1. The largest absolute Gasteiger partial charge is 0.329 e. The number of carbonyl (C=O) groups excluding carboxylic acids is 2. The van der Waals surface area contributed by atoms with Gasteiger partial charge in [0.05, 0.1) is 14.9 Å². The van der Waals surface area contributed by atoms with Crippen LogP contribution >= 0.6 is 22.9 Å². The van der Waals surface area contributed by atoms with Gasteiger partial charge < -0.3 is 5.32 Å². The number of nitrogens with one attached hydrogen (secondary N) is 2. The minimum Gasteiger partial charge on any atom is -0.318 e. The van der Waals surface area contributed by atoms with Crippen LogP contribution in [0.5, 0.6) is 0 Å². The Morgan fingerprint density at radius 2 is 1.74 bits per heavy atom. The standard InChI is InChI=1S/C16H16ClN3O2S/c1-9-6-10(2)8-12(7-9)18-15(21)16(22)20-19-11(3)13-4-5-14(17)23-13/h4-8H,1-3H3,(H,18,21)(H,20,22)/b19-11+. The molecule has 1 heterocycles. The van der Waals surface area contributed by atoms with Crippen molar-refractivity contribution in [1.29, 1.82) is 0 Å². The first kappa shape index (κ1) is 17.2. The molecular weight excluding hydrogens is 334 g/mol. The fraction of sp³-hybridized carbons (Fsp3) is 0.188. The van der Waals surface area contributed by atoms with Crippen molar-refractivity contribution in [3.05, 3.63) is 50.7 Å². The Balaban J connectivity index is 1.98. The van der Waals surface area contributed by atoms with Crippen molar-refractivity contribution in [2.24, 2.45) is 5.10 Å². The second-order valence-corrected chi connectivity index (χ2v) is 6.79. The Hall–Kier alpha value is -2.18. The van der Waals surface area contributed by atoms with E-state index in [4.69, 9.17) is 11.6 Å². The molecule has 0 bridgehead atoms. The first-order chi connectivity index (χ1) is 10.8. The molecular formula is C16H16ClN3O2S. The zero-order valence-corrected chi connectivity index (χ0v) is 14.5. The molecule has 0 aliphatic carbocycles. The third kappa shape index (κ3) is 4.91. The summed E-state index contributed by atoms with van der Waals surface area (Å²) in [4.78, 5) is 24.5. The van der Waals surface area contributed by atoms with E-state index in [0.29, 0.717) is 15.7 Å². The van der Waals surface area contributed by atoms with Crippen molar-refractivity contribution >= 4 is 46.2 Å². The summed E-state index contributed by atoms with van der Waals surface area (Å²) in [6.07, 6.45) is 0. The highest BCUT2D eigenvalue weighted by Gasteiger charge is 2.14. The van der Waals surface area contributed by atoms with E-state index < -0.39 is 11.8 Å². The maximum absolute atomic E-state index is 11.9. The summed E-state index contributed by atoms with van der Waals surface area (Å²) in [5.74, 6) is -1.60. The number of amides is 2. The molecule has 7 heteroatoms. The molecule has 0 atom stereocenters. The average Bonchev–Trinajstić information content (AvgIpc) is 2.89. The van der Waals surface area contributed by atoms with Crippen molar-refractivity contribution in [1.82, 2.24) is 5.43 Å². The number of hydrogen-bond donors (Lipinski definition) is 2. The Labute approximate surface area is 143 Å². The lowest BCUT2D eigenvalue weighted by Crippen LogP contribution is -2.32. The maximum atomic E-state index is 11.9. The van der Waals surface area contributed by atoms with Crippen LogP contribution in [0.2, 0.25) is 4.34 Å². The number of hydrogen-bond acceptors (Lipinski definition) is 4. The number of thiophene rings is 1. The lowest BCUT2D eigenvalue weighted by atomic mass is 10.1. The van der Waals surface area contributed by atoms with Crippen LogP contribution in [0.25, 0.3) is 0 Å². The Morgan fingerprint density at radius 1 is 1.09 bits per heavy atom. The van der Waals surface area contributed by atoms with Gasteiger partial charge in [-0.25, -0.2) is 5.43 Å². The van der Waals surface area contributed by atoms with Crippen LogP contribution in [0.1, 0.15) is 22.9 Å². The van der Waals surface area contributed by atoms with Crippen LogP contribution in [0.3, 0.4) is 0 Å². The average molecular weight is 350 g/mol. The van der Waals surface area contributed by atoms with Gasteiger partial charge in [0, 0.05) is 5.69 Å². The van der Waals surface area contributed by atoms with Gasteiger partial charge in [-0.2, -0.15) is 5.10 Å². The highest BCUT2D eigenvalue weighted by atomic mass is 35.5. The highest BCUT2D eigenvalue weighted by Crippen LogP contribution is 2.21. The van der Waals surface area contributed by atoms with E-state index in [2.05, 4.69) is 15.8 Å². The fourth-order valence-corrected chi connectivity index (χ4v) is 2.97. The van der Waals surface area contributed by atoms with Gasteiger partial charge >= 0.3 is 11.8 Å². The maximum Gasteiger partial charge on any atom is 0.329 e. The predicted molar refractivity (Wildman–Crippen MR) is 94.2 cm³/mol. The molecule has 2 N–H and O–H groups in total. The zero-order valence-electron chi connectivity index (χ0n) is 12.9. The molecule has 120 valence electrons. The molecule has 23 heavy (non-hydrogen) atoms. The first-order valence-electron chi connectivity index (χ1n) is 6.85. The first-order valence-corrected chi connectivity index (χ1v) is 8.04. The molecule has 0 saturated heterocycles. The van der Waals surface area contributed by atoms with E-state index in [1.165, 1.54) is 11.3 Å². The van der Waals surface area contributed by atoms with Crippen LogP contribution in [-0.2, 0) is 9.59 Å². The Bertz CT molecular complexity index is 763. The van der Waals surface area contributed by atoms with Crippen LogP contribution in [0.4, 0.5) is 5.69 Å². The van der Waals surface area contributed by atoms with Gasteiger partial charge in [-0.15, -0.1) is 11.3 Å². The molecule has 2 rings (SSSR count). The predicted octanol–water partition coefficient (Wildman–Crippen LogP) is 3.50. The van der Waals surface area contributed by atoms with Crippen molar-refractivity contribution in [2.45, 2.75) is 20.8 Å². The Morgan fingerprint density at radius 3 is 2.30 bits per heavy atom. The summed E-state index contributed by atoms with van der Waals surface area (Å²) in [5.41, 5.74) is 5.40. The number of aryl methyl sites for hydroxylation is 2. The molecule has 1 aromatic heterocycles. The van der Waals surface area contributed by atoms with Crippen LogP contribution in [0.15, 0.2) is 35.4 Å². The smallest absolute Gasteiger partial charge is 0.318 e. The van der Waals surface area contributed by atoms with Crippen molar-refractivity contribution in [3.8, 4) is 0 Å². The molecule has 5 nitrogen and oxygen atoms in total. The summed E-state index contributed by atoms with van der Waals surface area (Å²) >= 11 is 7.19. The molecule has 2 aromatic rings. The van der Waals surface area contributed by atoms with E-state index in [0.717, 1.165) is 16.0 Å². The van der Waals surface area contributed by atoms with Crippen molar-refractivity contribution in [2.75, 3.05) is 5.32 Å². The highest BCUT2D eigenvalue weighted by molar-refractivity contribution is 7.18. The Kier molecular flexibility index (Phi) is 5.52. The van der Waals surface area contributed by atoms with Gasteiger partial charge in [-0.3, -0.25) is 9.59 Å². The number of rotatable bonds is 3. The van der Waals surface area contributed by atoms with E-state index in [9.17, 15) is 9.59 Å². The third-order valence-corrected chi connectivity index (χ3v) is 4.28. The van der Waals surface area contributed by atoms with Crippen molar-refractivity contribution < 1.29 is 9.59 Å². The number of hydrazone groups is 1. The quantitative estimate of drug-likeness (QED) is 0.506. The molecule has 2 amide bonds. The summed E-state index contributed by atoms with van der Waals surface area (Å²) in [7, 11) is 0. The summed E-state index contributed by atoms with van der Waals surface area (Å²) in [6.45, 7) is 5.56. The van der Waals surface area contributed by atoms with E-state index >= 15 is 0 Å². The summed E-state index contributed by atoms with van der Waals surface area (Å²) in [5, 5.41) is 6.47. The SMILES string of the molecule is C/C(=N\NC(=O)C(=O)Nc1cc(C)cc(C)c1)c1ccc(Cl)s1. The summed E-state index contributed by atoms with van der Waals surface area (Å²) in [6, 6.07) is 9.11. The summed E-state index contributed by atoms with van der Waals surface area (Å²) < 4.78 is 0.633. The normalized spacial score (nSPS) is 11.2. The van der Waals surface area contributed by atoms with Crippen LogP contribution in [-0.4, -0.2) is 17.5 Å². The third-order valence-electron chi connectivity index (χ3n) is 2.94. The molecule has 0 radical (unpaired) electrons. The van der Waals surface area contributed by atoms with Gasteiger partial charge in [-0.1, -0.05) is 17.7 Å². The zero-order chi connectivity index (χ0) is 17.0. The van der Waals surface area contributed by atoms with E-state index in [1.54, 1.807) is 31.2 Å². The van der Waals surface area contributed by atoms with E-state index in [1.807, 2.05) is 19.9 Å². The van der Waals surface area contributed by atoms with E-state index in [-0.39, 0.29) is 0 Å². The number of benzene rings is 1. The molecule has 0 aliphatic heterocycles. The number of anilines is 1. The monoisotopic (exact) mass is 349 g/mol. The van der Waals surface area contributed by atoms with Crippen molar-refractivity contribution in [3.63, 3.8) is 0 Å². The second-order valence-electron chi connectivity index (χ2n) is 5.07. The topological polar surface area (TPSA) is 70.6 Å². The molecule has 0 fully saturated rings. The van der Waals surface area contributed by atoms with Gasteiger partial charge in [0.1, 0.15) is 0 Å². The lowest BCUT2D eigenvalue weighted by Gasteiger charge is -2.06. The van der Waals surface area contributed by atoms with Gasteiger partial charge in [-0.05, 0) is 56.2 Å². The molecule has 0 saturated carbocycles. The minimum absolute atomic E-state index is 0.577.